The molecule has 3 rings (SSSR count). The molecule has 26 heavy (non-hydrogen) atoms. The molecular weight excluding hydrogens is 348 g/mol. The third-order valence-corrected chi connectivity index (χ3v) is 4.80. The Hall–Kier alpha value is -2.86. The van der Waals surface area contributed by atoms with Crippen molar-refractivity contribution in [1.29, 1.82) is 0 Å². The maximum atomic E-state index is 12.7. The van der Waals surface area contributed by atoms with E-state index in [1.807, 2.05) is 43.5 Å². The largest absolute Gasteiger partial charge is 0.493 e. The number of carbonyl (C=O) groups excluding carboxylic acids is 1. The quantitative estimate of drug-likeness (QED) is 0.709. The number of nitrogens with zero attached hydrogens (tertiary/aromatic N) is 1. The van der Waals surface area contributed by atoms with E-state index in [4.69, 9.17) is 9.47 Å². The van der Waals surface area contributed by atoms with Crippen LogP contribution in [0.4, 0.5) is 5.13 Å². The van der Waals surface area contributed by atoms with Crippen LogP contribution in [0.15, 0.2) is 41.8 Å². The van der Waals surface area contributed by atoms with E-state index >= 15 is 0 Å². The van der Waals surface area contributed by atoms with E-state index in [1.54, 1.807) is 26.4 Å². The predicted molar refractivity (Wildman–Crippen MR) is 105 cm³/mol. The van der Waals surface area contributed by atoms with Crippen molar-refractivity contribution in [3.63, 3.8) is 0 Å². The molecule has 6 heteroatoms. The molecule has 0 aliphatic heterocycles. The van der Waals surface area contributed by atoms with Gasteiger partial charge in [-0.15, -0.1) is 11.3 Å². The SMILES string of the molecule is COc1cc(C)c(C(=O)Nc2nc(-c3ccc(C)cc3)cs2)cc1OC. The van der Waals surface area contributed by atoms with Crippen LogP contribution in [-0.4, -0.2) is 25.1 Å². The fourth-order valence-corrected chi connectivity index (χ4v) is 3.29. The number of amides is 1. The minimum absolute atomic E-state index is 0.228. The van der Waals surface area contributed by atoms with Gasteiger partial charge in [0, 0.05) is 16.5 Å². The van der Waals surface area contributed by atoms with Gasteiger partial charge in [0.05, 0.1) is 19.9 Å². The fraction of sp³-hybridized carbons (Fsp3) is 0.200. The first-order valence-electron chi connectivity index (χ1n) is 8.08. The summed E-state index contributed by atoms with van der Waals surface area (Å²) in [6.45, 7) is 3.90. The molecule has 0 saturated carbocycles. The molecule has 0 radical (unpaired) electrons. The van der Waals surface area contributed by atoms with E-state index < -0.39 is 0 Å². The molecule has 0 atom stereocenters. The van der Waals surface area contributed by atoms with Crippen molar-refractivity contribution in [2.75, 3.05) is 19.5 Å². The van der Waals surface area contributed by atoms with Gasteiger partial charge in [-0.3, -0.25) is 10.1 Å². The van der Waals surface area contributed by atoms with Crippen molar-refractivity contribution in [3.8, 4) is 22.8 Å². The van der Waals surface area contributed by atoms with Crippen LogP contribution in [0.25, 0.3) is 11.3 Å². The van der Waals surface area contributed by atoms with Gasteiger partial charge in [0.2, 0.25) is 0 Å². The molecule has 0 fully saturated rings. The average molecular weight is 368 g/mol. The average Bonchev–Trinajstić information content (AvgIpc) is 3.10. The zero-order chi connectivity index (χ0) is 18.7. The van der Waals surface area contributed by atoms with Gasteiger partial charge in [-0.1, -0.05) is 29.8 Å². The van der Waals surface area contributed by atoms with Crippen molar-refractivity contribution in [2.45, 2.75) is 13.8 Å². The van der Waals surface area contributed by atoms with E-state index in [0.717, 1.165) is 16.8 Å². The second kappa shape index (κ2) is 7.58. The predicted octanol–water partition coefficient (Wildman–Crippen LogP) is 4.70. The van der Waals surface area contributed by atoms with Gasteiger partial charge in [0.15, 0.2) is 16.6 Å². The monoisotopic (exact) mass is 368 g/mol. The number of hydrogen-bond acceptors (Lipinski definition) is 5. The zero-order valence-corrected chi connectivity index (χ0v) is 15.9. The lowest BCUT2D eigenvalue weighted by Gasteiger charge is -2.12. The Balaban J connectivity index is 1.81. The highest BCUT2D eigenvalue weighted by Crippen LogP contribution is 2.31. The van der Waals surface area contributed by atoms with Gasteiger partial charge in [0.25, 0.3) is 5.91 Å². The molecule has 0 unspecified atom stereocenters. The lowest BCUT2D eigenvalue weighted by atomic mass is 10.1. The molecule has 1 amide bonds. The topological polar surface area (TPSA) is 60.5 Å². The lowest BCUT2D eigenvalue weighted by molar-refractivity contribution is 0.102. The van der Waals surface area contributed by atoms with E-state index in [1.165, 1.54) is 16.9 Å². The fourth-order valence-electron chi connectivity index (χ4n) is 2.58. The van der Waals surface area contributed by atoms with Crippen LogP contribution in [0.3, 0.4) is 0 Å². The van der Waals surface area contributed by atoms with Gasteiger partial charge >= 0.3 is 0 Å². The second-order valence-corrected chi connectivity index (χ2v) is 6.74. The van der Waals surface area contributed by atoms with Crippen LogP contribution in [0.1, 0.15) is 21.5 Å². The highest BCUT2D eigenvalue weighted by molar-refractivity contribution is 7.14. The minimum atomic E-state index is -0.228. The van der Waals surface area contributed by atoms with Crippen LogP contribution in [0.2, 0.25) is 0 Å². The van der Waals surface area contributed by atoms with Gasteiger partial charge in [-0.25, -0.2) is 4.98 Å². The number of nitrogens with one attached hydrogen (secondary N) is 1. The third-order valence-electron chi connectivity index (χ3n) is 4.05. The van der Waals surface area contributed by atoms with Crippen molar-refractivity contribution in [2.24, 2.45) is 0 Å². The summed E-state index contributed by atoms with van der Waals surface area (Å²) in [4.78, 5) is 17.2. The molecule has 2 aromatic carbocycles. The molecule has 1 heterocycles. The summed E-state index contributed by atoms with van der Waals surface area (Å²) >= 11 is 1.40. The molecule has 1 aromatic heterocycles. The van der Waals surface area contributed by atoms with Gasteiger partial charge in [-0.05, 0) is 31.5 Å². The number of aromatic nitrogens is 1. The number of rotatable bonds is 5. The van der Waals surface area contributed by atoms with Crippen LogP contribution in [-0.2, 0) is 0 Å². The Morgan fingerprint density at radius 1 is 1.04 bits per heavy atom. The second-order valence-electron chi connectivity index (χ2n) is 5.88. The summed E-state index contributed by atoms with van der Waals surface area (Å²) in [5, 5.41) is 5.35. The number of thiazole rings is 1. The summed E-state index contributed by atoms with van der Waals surface area (Å²) in [6.07, 6.45) is 0. The standard InChI is InChI=1S/C20H20N2O3S/c1-12-5-7-14(8-6-12)16-11-26-20(21-16)22-19(23)15-10-18(25-4)17(24-3)9-13(15)2/h5-11H,1-4H3,(H,21,22,23). The van der Waals surface area contributed by atoms with Crippen LogP contribution in [0, 0.1) is 13.8 Å². The third kappa shape index (κ3) is 3.70. The Bertz CT molecular complexity index is 933. The van der Waals surface area contributed by atoms with E-state index in [2.05, 4.69) is 10.3 Å². The summed E-state index contributed by atoms with van der Waals surface area (Å²) in [5.41, 5.74) is 4.38. The maximum absolute atomic E-state index is 12.7. The van der Waals surface area contributed by atoms with Crippen LogP contribution in [0.5, 0.6) is 11.5 Å². The Kier molecular flexibility index (Phi) is 5.23. The van der Waals surface area contributed by atoms with Crippen molar-refractivity contribution < 1.29 is 14.3 Å². The molecule has 0 saturated heterocycles. The van der Waals surface area contributed by atoms with Gasteiger partial charge in [0.1, 0.15) is 0 Å². The molecule has 3 aromatic rings. The highest BCUT2D eigenvalue weighted by Gasteiger charge is 2.16. The van der Waals surface area contributed by atoms with Crippen molar-refractivity contribution in [3.05, 3.63) is 58.5 Å². The molecule has 0 spiro atoms. The first-order chi connectivity index (χ1) is 12.5. The van der Waals surface area contributed by atoms with Gasteiger partial charge in [-0.2, -0.15) is 0 Å². The molecule has 0 aliphatic rings. The molecule has 1 N–H and O–H groups in total. The maximum Gasteiger partial charge on any atom is 0.257 e. The molecular formula is C20H20N2O3S. The van der Waals surface area contributed by atoms with Crippen molar-refractivity contribution >= 4 is 22.4 Å². The first-order valence-corrected chi connectivity index (χ1v) is 8.96. The number of anilines is 1. The molecule has 0 aliphatic carbocycles. The molecule has 5 nitrogen and oxygen atoms in total. The van der Waals surface area contributed by atoms with E-state index in [0.29, 0.717) is 22.2 Å². The van der Waals surface area contributed by atoms with Crippen molar-refractivity contribution in [1.82, 2.24) is 4.98 Å². The minimum Gasteiger partial charge on any atom is -0.493 e. The smallest absolute Gasteiger partial charge is 0.257 e. The number of aryl methyl sites for hydroxylation is 2. The first kappa shape index (κ1) is 17.9. The number of benzene rings is 2. The van der Waals surface area contributed by atoms with Crippen LogP contribution >= 0.6 is 11.3 Å². The number of ether oxygens (including phenoxy) is 2. The Labute approximate surface area is 156 Å². The van der Waals surface area contributed by atoms with Crippen LogP contribution < -0.4 is 14.8 Å². The molecule has 0 bridgehead atoms. The summed E-state index contributed by atoms with van der Waals surface area (Å²) < 4.78 is 10.5. The van der Waals surface area contributed by atoms with E-state index in [-0.39, 0.29) is 5.91 Å². The lowest BCUT2D eigenvalue weighted by Crippen LogP contribution is -2.13. The summed E-state index contributed by atoms with van der Waals surface area (Å²) in [5.74, 6) is 0.883. The Morgan fingerprint density at radius 3 is 2.35 bits per heavy atom. The zero-order valence-electron chi connectivity index (χ0n) is 15.1. The number of carbonyl (C=O) groups is 1. The Morgan fingerprint density at radius 2 is 1.69 bits per heavy atom. The highest BCUT2D eigenvalue weighted by atomic mass is 32.1. The normalized spacial score (nSPS) is 10.5. The number of hydrogen-bond donors (Lipinski definition) is 1. The molecule has 134 valence electrons. The summed E-state index contributed by atoms with van der Waals surface area (Å²) in [6, 6.07) is 11.6. The van der Waals surface area contributed by atoms with E-state index in [9.17, 15) is 4.79 Å². The number of methoxy groups -OCH3 is 2. The van der Waals surface area contributed by atoms with Gasteiger partial charge < -0.3 is 9.47 Å². The summed E-state index contributed by atoms with van der Waals surface area (Å²) in [7, 11) is 3.11.